The molecule has 2 aromatic carbocycles. The second-order valence-corrected chi connectivity index (χ2v) is 13.5. The third-order valence-electron chi connectivity index (χ3n) is 7.94. The lowest BCUT2D eigenvalue weighted by Crippen LogP contribution is -2.24. The smallest absolute Gasteiger partial charge is 0.245 e. The molecule has 0 unspecified atom stereocenters. The second-order valence-electron chi connectivity index (χ2n) is 11.3. The van der Waals surface area contributed by atoms with Crippen LogP contribution in [0, 0.1) is 19.3 Å². The highest BCUT2D eigenvalue weighted by molar-refractivity contribution is 8.93. The molecule has 0 aliphatic heterocycles. The van der Waals surface area contributed by atoms with Crippen molar-refractivity contribution < 1.29 is 14.4 Å². The summed E-state index contributed by atoms with van der Waals surface area (Å²) in [5.41, 5.74) is 6.12. The van der Waals surface area contributed by atoms with Crippen LogP contribution in [0.3, 0.4) is 0 Å². The molecule has 6 rings (SSSR count). The monoisotopic (exact) mass is 694 g/mol. The number of nitrogens with one attached hydrogen (secondary N) is 1. The van der Waals surface area contributed by atoms with Crippen molar-refractivity contribution in [1.29, 1.82) is 5.41 Å². The summed E-state index contributed by atoms with van der Waals surface area (Å²) in [6, 6.07) is 15.3. The van der Waals surface area contributed by atoms with E-state index in [2.05, 4.69) is 4.99 Å². The first-order valence-corrected chi connectivity index (χ1v) is 16.6. The van der Waals surface area contributed by atoms with Gasteiger partial charge in [0.25, 0.3) is 0 Å². The number of aryl methyl sites for hydroxylation is 4. The van der Waals surface area contributed by atoms with E-state index in [-0.39, 0.29) is 41.0 Å². The van der Waals surface area contributed by atoms with E-state index in [1.54, 1.807) is 11.3 Å². The van der Waals surface area contributed by atoms with Gasteiger partial charge in [-0.15, -0.1) is 39.7 Å². The van der Waals surface area contributed by atoms with Gasteiger partial charge in [-0.2, -0.15) is 4.99 Å². The van der Waals surface area contributed by atoms with E-state index in [1.807, 2.05) is 71.5 Å². The van der Waals surface area contributed by atoms with Crippen LogP contribution in [-0.2, 0) is 43.6 Å². The van der Waals surface area contributed by atoms with E-state index in [4.69, 9.17) is 5.41 Å². The lowest BCUT2D eigenvalue weighted by Gasteiger charge is -2.14. The molecule has 7 nitrogen and oxygen atoms in total. The van der Waals surface area contributed by atoms with Crippen molar-refractivity contribution >= 4 is 57.1 Å². The highest BCUT2D eigenvalue weighted by Crippen LogP contribution is 2.25. The lowest BCUT2D eigenvalue weighted by molar-refractivity contribution is -0.116. The molecule has 1 amide bonds. The normalized spacial score (nSPS) is 14.0. The Morgan fingerprint density at radius 3 is 1.64 bits per heavy atom. The van der Waals surface area contributed by atoms with Crippen LogP contribution in [-0.4, -0.2) is 26.6 Å². The Morgan fingerprint density at radius 1 is 0.705 bits per heavy atom. The van der Waals surface area contributed by atoms with Crippen molar-refractivity contribution in [3.63, 3.8) is 0 Å². The van der Waals surface area contributed by atoms with E-state index in [1.165, 1.54) is 58.7 Å². The van der Waals surface area contributed by atoms with E-state index in [0.29, 0.717) is 21.7 Å². The van der Waals surface area contributed by atoms with Gasteiger partial charge in [-0.25, -0.2) is 0 Å². The maximum Gasteiger partial charge on any atom is 0.245 e. The van der Waals surface area contributed by atoms with Crippen LogP contribution in [0.15, 0.2) is 53.5 Å². The van der Waals surface area contributed by atoms with Gasteiger partial charge in [-0.3, -0.25) is 19.8 Å². The zero-order valence-electron chi connectivity index (χ0n) is 25.5. The Balaban J connectivity index is 0.000000198. The maximum atomic E-state index is 12.6. The number of nitrogens with zero attached hydrogens (tertiary/aromatic N) is 3. The van der Waals surface area contributed by atoms with Crippen LogP contribution in [0.25, 0.3) is 0 Å². The molecule has 0 saturated carbocycles. The summed E-state index contributed by atoms with van der Waals surface area (Å²) in [6.45, 7) is 6.02. The third kappa shape index (κ3) is 8.08. The maximum absolute atomic E-state index is 12.6. The molecule has 2 aromatic heterocycles. The molecule has 2 aliphatic rings. The molecule has 4 aromatic rings. The van der Waals surface area contributed by atoms with Gasteiger partial charge >= 0.3 is 0 Å². The van der Waals surface area contributed by atoms with Crippen molar-refractivity contribution in [1.82, 2.24) is 9.13 Å². The number of ketones is 2. The molecule has 0 radical (unpaired) electrons. The van der Waals surface area contributed by atoms with Gasteiger partial charge in [0.2, 0.25) is 5.91 Å². The van der Waals surface area contributed by atoms with Gasteiger partial charge in [-0.05, 0) is 65.2 Å². The predicted octanol–water partition coefficient (Wildman–Crippen LogP) is 6.74. The van der Waals surface area contributed by atoms with Crippen LogP contribution in [0.2, 0.25) is 0 Å². The third-order valence-corrected chi connectivity index (χ3v) is 10.2. The van der Waals surface area contributed by atoms with Crippen molar-refractivity contribution in [2.24, 2.45) is 4.99 Å². The highest BCUT2D eigenvalue weighted by atomic mass is 79.9. The lowest BCUT2D eigenvalue weighted by atomic mass is 10.0. The molecule has 10 heteroatoms. The van der Waals surface area contributed by atoms with Crippen LogP contribution in [0.4, 0.5) is 0 Å². The number of hydrogen-bond acceptors (Lipinski definition) is 6. The van der Waals surface area contributed by atoms with Gasteiger partial charge in [-0.1, -0.05) is 59.7 Å². The molecule has 0 saturated heterocycles. The minimum absolute atomic E-state index is 0. The molecular formula is C34H39BrN4O3S2. The number of rotatable bonds is 6. The fourth-order valence-electron chi connectivity index (χ4n) is 5.59. The standard InChI is InChI=1S/C18H20N2O2S.C16H18N2OS.BrH/c1-12-7-9-14(10-8-12)16(22)11-20-15-5-3-4-6-17(15)23-18(20)19-13(2)21;1-11-6-8-12(9-7-11)14(19)10-18-13-4-2-3-5-15(13)20-16(18)17;/h7-10H,3-6,11H2,1-2H3;6-9,17H,2-5,10H2,1H3;1H. The molecule has 0 atom stereocenters. The zero-order valence-corrected chi connectivity index (χ0v) is 28.8. The molecule has 232 valence electrons. The van der Waals surface area contributed by atoms with Crippen molar-refractivity contribution in [2.75, 3.05) is 0 Å². The minimum atomic E-state index is -0.222. The topological polar surface area (TPSA) is 97.3 Å². The predicted molar refractivity (Wildman–Crippen MR) is 181 cm³/mol. The number of hydrogen-bond donors (Lipinski definition) is 1. The van der Waals surface area contributed by atoms with Gasteiger partial charge < -0.3 is 9.13 Å². The Kier molecular flexibility index (Phi) is 11.6. The Hall–Kier alpha value is -3.21. The largest absolute Gasteiger partial charge is 0.313 e. The molecule has 2 aliphatic carbocycles. The Labute approximate surface area is 276 Å². The van der Waals surface area contributed by atoms with Gasteiger partial charge in [0.05, 0.1) is 13.1 Å². The van der Waals surface area contributed by atoms with Crippen molar-refractivity contribution in [3.05, 3.63) is 102 Å². The Morgan fingerprint density at radius 2 is 1.14 bits per heavy atom. The van der Waals surface area contributed by atoms with E-state index in [9.17, 15) is 14.4 Å². The first-order chi connectivity index (χ1) is 20.7. The average molecular weight is 696 g/mol. The summed E-state index contributed by atoms with van der Waals surface area (Å²) in [4.78, 5) is 44.2. The van der Waals surface area contributed by atoms with Crippen LogP contribution in [0.1, 0.15) is 85.6 Å². The molecular weight excluding hydrogens is 656 g/mol. The molecule has 0 fully saturated rings. The van der Waals surface area contributed by atoms with E-state index >= 15 is 0 Å². The quantitative estimate of drug-likeness (QED) is 0.226. The SMILES string of the molecule is Br.CC(=O)N=c1sc2c(n1CC(=O)c1ccc(C)cc1)CCCC2.Cc1ccc(C(=O)Cn2c3c(sc2=N)CCCC3)cc1. The number of aromatic nitrogens is 2. The first kappa shape index (κ1) is 33.7. The van der Waals surface area contributed by atoms with E-state index in [0.717, 1.165) is 48.8 Å². The van der Waals surface area contributed by atoms with E-state index < -0.39 is 0 Å². The zero-order chi connectivity index (χ0) is 30.5. The number of Topliss-reactive ketones (excluding diaryl/α,β-unsaturated/α-hetero) is 2. The molecule has 0 spiro atoms. The molecule has 1 N–H and O–H groups in total. The number of benzene rings is 2. The summed E-state index contributed by atoms with van der Waals surface area (Å²) in [5.74, 6) is -0.0732. The second kappa shape index (κ2) is 15.2. The Bertz CT molecular complexity index is 1780. The number of amides is 1. The van der Waals surface area contributed by atoms with Crippen LogP contribution >= 0.6 is 39.7 Å². The highest BCUT2D eigenvalue weighted by Gasteiger charge is 2.20. The molecule has 2 heterocycles. The molecule has 44 heavy (non-hydrogen) atoms. The van der Waals surface area contributed by atoms with Gasteiger partial charge in [0, 0.05) is 39.2 Å². The fraction of sp³-hybridized carbons (Fsp3) is 0.382. The average Bonchev–Trinajstić information content (AvgIpc) is 3.49. The van der Waals surface area contributed by atoms with Crippen molar-refractivity contribution in [3.8, 4) is 0 Å². The molecule has 0 bridgehead atoms. The number of fused-ring (bicyclic) bond motifs is 2. The summed E-state index contributed by atoms with van der Waals surface area (Å²) in [6.07, 6.45) is 8.72. The summed E-state index contributed by atoms with van der Waals surface area (Å²) in [5, 5.41) is 8.09. The number of carbonyl (C=O) groups is 3. The first-order valence-electron chi connectivity index (χ1n) is 14.9. The van der Waals surface area contributed by atoms with Gasteiger partial charge in [0.15, 0.2) is 21.2 Å². The van der Waals surface area contributed by atoms with Crippen molar-refractivity contribution in [2.45, 2.75) is 85.2 Å². The summed E-state index contributed by atoms with van der Waals surface area (Å²) < 4.78 is 3.85. The fourth-order valence-corrected chi connectivity index (χ4v) is 7.94. The number of thiazole rings is 2. The number of carbonyl (C=O) groups excluding carboxylic acids is 3. The van der Waals surface area contributed by atoms with Crippen LogP contribution < -0.4 is 9.60 Å². The van der Waals surface area contributed by atoms with Crippen LogP contribution in [0.5, 0.6) is 0 Å². The number of halogens is 1. The summed E-state index contributed by atoms with van der Waals surface area (Å²) >= 11 is 3.09. The summed E-state index contributed by atoms with van der Waals surface area (Å²) in [7, 11) is 0. The minimum Gasteiger partial charge on any atom is -0.313 e. The van der Waals surface area contributed by atoms with Gasteiger partial charge in [0.1, 0.15) is 0 Å².